The van der Waals surface area contributed by atoms with Gasteiger partial charge in [-0.1, -0.05) is 59.1 Å². The van der Waals surface area contributed by atoms with Gasteiger partial charge in [0.25, 0.3) is 0 Å². The zero-order valence-corrected chi connectivity index (χ0v) is 12.3. The maximum Gasteiger partial charge on any atom is -0.0292 e. The van der Waals surface area contributed by atoms with Crippen molar-refractivity contribution in [3.63, 3.8) is 0 Å². The Balaban J connectivity index is 4.02. The molecule has 0 fully saturated rings. The fraction of sp³-hybridized carbons (Fsp3) is 0.875. The lowest BCUT2D eigenvalue weighted by atomic mass is 9.82. The second kappa shape index (κ2) is 8.84. The molecule has 0 amide bonds. The topological polar surface area (TPSA) is 0 Å². The van der Waals surface area contributed by atoms with Crippen LogP contribution in [0.2, 0.25) is 0 Å². The summed E-state index contributed by atoms with van der Waals surface area (Å²) in [4.78, 5) is 0. The lowest BCUT2D eigenvalue weighted by molar-refractivity contribution is 0.301. The van der Waals surface area contributed by atoms with Crippen molar-refractivity contribution >= 4 is 0 Å². The summed E-state index contributed by atoms with van der Waals surface area (Å²) >= 11 is 0. The minimum absolute atomic E-state index is 0.838. The van der Waals surface area contributed by atoms with E-state index in [4.69, 9.17) is 0 Å². The molecule has 0 saturated heterocycles. The predicted molar refractivity (Wildman–Crippen MR) is 75.7 cm³/mol. The fourth-order valence-corrected chi connectivity index (χ4v) is 2.56. The van der Waals surface area contributed by atoms with Gasteiger partial charge in [-0.25, -0.2) is 0 Å². The second-order valence-corrected chi connectivity index (χ2v) is 5.59. The van der Waals surface area contributed by atoms with Crippen molar-refractivity contribution in [3.8, 4) is 0 Å². The van der Waals surface area contributed by atoms with E-state index < -0.39 is 0 Å². The van der Waals surface area contributed by atoms with Crippen LogP contribution in [0.25, 0.3) is 0 Å². The average molecular weight is 224 g/mol. The van der Waals surface area contributed by atoms with Gasteiger partial charge < -0.3 is 0 Å². The van der Waals surface area contributed by atoms with E-state index >= 15 is 0 Å². The maximum absolute atomic E-state index is 2.43. The molecule has 0 aromatic heterocycles. The van der Waals surface area contributed by atoms with Crippen LogP contribution in [0.4, 0.5) is 0 Å². The van der Waals surface area contributed by atoms with Gasteiger partial charge in [-0.2, -0.15) is 0 Å². The molecule has 0 rings (SSSR count). The van der Waals surface area contributed by atoms with E-state index in [1.807, 2.05) is 0 Å². The number of rotatable bonds is 8. The molecule has 0 nitrogen and oxygen atoms in total. The Hall–Kier alpha value is -0.260. The smallest absolute Gasteiger partial charge is 0.0292 e. The molecule has 0 saturated carbocycles. The maximum atomic E-state index is 2.43. The van der Waals surface area contributed by atoms with E-state index in [1.54, 1.807) is 5.57 Å². The van der Waals surface area contributed by atoms with Crippen LogP contribution in [-0.2, 0) is 0 Å². The van der Waals surface area contributed by atoms with Crippen molar-refractivity contribution in [1.82, 2.24) is 0 Å². The summed E-state index contributed by atoms with van der Waals surface area (Å²) in [6, 6.07) is 0. The minimum Gasteiger partial charge on any atom is -0.0885 e. The van der Waals surface area contributed by atoms with Gasteiger partial charge in [0.1, 0.15) is 0 Å². The highest BCUT2D eigenvalue weighted by Crippen LogP contribution is 2.27. The summed E-state index contributed by atoms with van der Waals surface area (Å²) in [5, 5.41) is 0. The van der Waals surface area contributed by atoms with Crippen LogP contribution < -0.4 is 0 Å². The Morgan fingerprint density at radius 3 is 2.12 bits per heavy atom. The number of hydrogen-bond donors (Lipinski definition) is 0. The fourth-order valence-electron chi connectivity index (χ4n) is 2.56. The third-order valence-corrected chi connectivity index (χ3v) is 3.97. The molecular formula is C16H32. The monoisotopic (exact) mass is 224 g/mol. The molecule has 0 N–H and O–H groups in total. The van der Waals surface area contributed by atoms with Gasteiger partial charge >= 0.3 is 0 Å². The van der Waals surface area contributed by atoms with Gasteiger partial charge in [-0.15, -0.1) is 0 Å². The van der Waals surface area contributed by atoms with Crippen LogP contribution in [0.15, 0.2) is 11.6 Å². The van der Waals surface area contributed by atoms with Gasteiger partial charge in [0.2, 0.25) is 0 Å². The van der Waals surface area contributed by atoms with Gasteiger partial charge in [-0.05, 0) is 43.9 Å². The van der Waals surface area contributed by atoms with E-state index in [9.17, 15) is 0 Å². The number of allylic oxidation sites excluding steroid dienone is 2. The zero-order chi connectivity index (χ0) is 12.6. The summed E-state index contributed by atoms with van der Waals surface area (Å²) in [7, 11) is 0. The Morgan fingerprint density at radius 2 is 1.69 bits per heavy atom. The van der Waals surface area contributed by atoms with Crippen LogP contribution in [0.1, 0.15) is 73.6 Å². The summed E-state index contributed by atoms with van der Waals surface area (Å²) < 4.78 is 0. The third-order valence-electron chi connectivity index (χ3n) is 3.97. The van der Waals surface area contributed by atoms with Crippen molar-refractivity contribution in [1.29, 1.82) is 0 Å². The minimum atomic E-state index is 0.838. The van der Waals surface area contributed by atoms with Gasteiger partial charge in [0, 0.05) is 0 Å². The first-order valence-corrected chi connectivity index (χ1v) is 7.19. The summed E-state index contributed by atoms with van der Waals surface area (Å²) in [5.41, 5.74) is 1.63. The van der Waals surface area contributed by atoms with Gasteiger partial charge in [0.15, 0.2) is 0 Å². The standard InChI is InChI=1S/C16H32/c1-7-10-13(4)11-14(5)15(6)12-16(8-2)9-3/h8,13-15H,7,9-12H2,1-6H3. The first-order chi connectivity index (χ1) is 7.54. The molecule has 0 aromatic carbocycles. The lowest BCUT2D eigenvalue weighted by Crippen LogP contribution is -2.12. The molecule has 0 aliphatic heterocycles. The quantitative estimate of drug-likeness (QED) is 0.455. The summed E-state index contributed by atoms with van der Waals surface area (Å²) in [5.74, 6) is 2.60. The Kier molecular flexibility index (Phi) is 8.70. The molecule has 0 heteroatoms. The Bertz CT molecular complexity index is 190. The van der Waals surface area contributed by atoms with Crippen molar-refractivity contribution in [2.75, 3.05) is 0 Å². The van der Waals surface area contributed by atoms with Crippen LogP contribution in [0.5, 0.6) is 0 Å². The third kappa shape index (κ3) is 6.35. The molecule has 16 heavy (non-hydrogen) atoms. The predicted octanol–water partition coefficient (Wildman–Crippen LogP) is 5.83. The van der Waals surface area contributed by atoms with E-state index in [0.717, 1.165) is 17.8 Å². The Labute approximate surface area is 104 Å². The molecule has 0 spiro atoms. The van der Waals surface area contributed by atoms with Gasteiger partial charge in [-0.3, -0.25) is 0 Å². The van der Waals surface area contributed by atoms with E-state index in [1.165, 1.54) is 32.1 Å². The highest BCUT2D eigenvalue weighted by Gasteiger charge is 2.15. The SMILES string of the molecule is CC=C(CC)CC(C)C(C)CC(C)CCC. The van der Waals surface area contributed by atoms with Crippen LogP contribution in [0, 0.1) is 17.8 Å². The lowest BCUT2D eigenvalue weighted by Gasteiger charge is -2.24. The molecule has 3 atom stereocenters. The molecule has 3 unspecified atom stereocenters. The van der Waals surface area contributed by atoms with Gasteiger partial charge in [0.05, 0.1) is 0 Å². The first-order valence-electron chi connectivity index (χ1n) is 7.19. The van der Waals surface area contributed by atoms with Crippen molar-refractivity contribution < 1.29 is 0 Å². The molecule has 0 heterocycles. The van der Waals surface area contributed by atoms with E-state index in [-0.39, 0.29) is 0 Å². The van der Waals surface area contributed by atoms with Crippen molar-refractivity contribution in [2.24, 2.45) is 17.8 Å². The Morgan fingerprint density at radius 1 is 1.06 bits per heavy atom. The van der Waals surface area contributed by atoms with E-state index in [2.05, 4.69) is 47.6 Å². The molecule has 0 bridgehead atoms. The largest absolute Gasteiger partial charge is 0.0885 e. The molecule has 0 aliphatic rings. The summed E-state index contributed by atoms with van der Waals surface area (Å²) in [6.45, 7) is 14.0. The highest BCUT2D eigenvalue weighted by atomic mass is 14.2. The average Bonchev–Trinajstić information content (AvgIpc) is 2.25. The molecule has 0 aromatic rings. The van der Waals surface area contributed by atoms with E-state index in [0.29, 0.717) is 0 Å². The summed E-state index contributed by atoms with van der Waals surface area (Å²) in [6.07, 6.45) is 8.94. The first kappa shape index (κ1) is 15.7. The molecular weight excluding hydrogens is 192 g/mol. The van der Waals surface area contributed by atoms with Crippen molar-refractivity contribution in [2.45, 2.75) is 73.6 Å². The molecule has 96 valence electrons. The van der Waals surface area contributed by atoms with Crippen LogP contribution in [-0.4, -0.2) is 0 Å². The highest BCUT2D eigenvalue weighted by molar-refractivity contribution is 5.00. The normalized spacial score (nSPS) is 18.2. The number of hydrogen-bond acceptors (Lipinski definition) is 0. The molecule has 0 aliphatic carbocycles. The van der Waals surface area contributed by atoms with Crippen LogP contribution >= 0.6 is 0 Å². The second-order valence-electron chi connectivity index (χ2n) is 5.59. The molecule has 0 radical (unpaired) electrons. The van der Waals surface area contributed by atoms with Crippen molar-refractivity contribution in [3.05, 3.63) is 11.6 Å². The van der Waals surface area contributed by atoms with Crippen LogP contribution in [0.3, 0.4) is 0 Å². The zero-order valence-electron chi connectivity index (χ0n) is 12.3.